The van der Waals surface area contributed by atoms with Gasteiger partial charge in [-0.1, -0.05) is 54.6 Å². The zero-order valence-corrected chi connectivity index (χ0v) is 11.5. The third kappa shape index (κ3) is 3.84. The van der Waals surface area contributed by atoms with Crippen molar-refractivity contribution in [1.29, 1.82) is 0 Å². The van der Waals surface area contributed by atoms with Crippen LogP contribution in [0.3, 0.4) is 0 Å². The maximum atomic E-state index is 11.8. The molecule has 0 aromatic heterocycles. The largest absolute Gasteiger partial charge is 0.423 e. The van der Waals surface area contributed by atoms with Gasteiger partial charge in [-0.15, -0.1) is 0 Å². The molecule has 2 aromatic rings. The van der Waals surface area contributed by atoms with E-state index < -0.39 is 5.97 Å². The Bertz CT molecular complexity index is 642. The van der Waals surface area contributed by atoms with Crippen LogP contribution in [0.5, 0.6) is 5.75 Å². The van der Waals surface area contributed by atoms with Crippen LogP contribution in [-0.4, -0.2) is 5.97 Å². The Hall–Kier alpha value is -2.32. The highest BCUT2D eigenvalue weighted by Gasteiger charge is 2.03. The first-order chi connectivity index (χ1) is 9.69. The maximum absolute atomic E-state index is 11.8. The Labute approximate surface area is 123 Å². The predicted octanol–water partition coefficient (Wildman–Crippen LogP) is 4.60. The summed E-state index contributed by atoms with van der Waals surface area (Å²) in [5.41, 5.74) is 1.66. The molecule has 100 valence electrons. The van der Waals surface area contributed by atoms with Gasteiger partial charge in [-0.25, -0.2) is 4.79 Å². The molecule has 0 unspecified atom stereocenters. The number of carbonyl (C=O) groups is 1. The minimum Gasteiger partial charge on any atom is -0.423 e. The second-order valence-electron chi connectivity index (χ2n) is 4.05. The minimum atomic E-state index is -0.436. The molecule has 0 amide bonds. The van der Waals surface area contributed by atoms with Gasteiger partial charge in [-0.05, 0) is 29.8 Å². The molecular weight excluding hydrogens is 272 g/mol. The number of hydrogen-bond acceptors (Lipinski definition) is 2. The lowest BCUT2D eigenvalue weighted by Gasteiger charge is -2.04. The SMILES string of the molecule is C=Cc1ccccc1OC(=O)/C=C/c1ccc(Cl)cc1. The molecule has 0 spiro atoms. The molecule has 0 saturated carbocycles. The number of benzene rings is 2. The number of hydrogen-bond donors (Lipinski definition) is 0. The van der Waals surface area contributed by atoms with Gasteiger partial charge >= 0.3 is 5.97 Å². The molecule has 20 heavy (non-hydrogen) atoms. The molecule has 0 N–H and O–H groups in total. The summed E-state index contributed by atoms with van der Waals surface area (Å²) in [5.74, 6) is 0.0579. The van der Waals surface area contributed by atoms with E-state index in [-0.39, 0.29) is 0 Å². The van der Waals surface area contributed by atoms with E-state index >= 15 is 0 Å². The summed E-state index contributed by atoms with van der Waals surface area (Å²) in [4.78, 5) is 11.8. The highest BCUT2D eigenvalue weighted by molar-refractivity contribution is 6.30. The van der Waals surface area contributed by atoms with Gasteiger partial charge in [-0.2, -0.15) is 0 Å². The third-order valence-corrected chi connectivity index (χ3v) is 2.88. The van der Waals surface area contributed by atoms with Crippen LogP contribution in [0.15, 0.2) is 61.2 Å². The van der Waals surface area contributed by atoms with E-state index in [1.807, 2.05) is 24.3 Å². The number of para-hydroxylation sites is 1. The quantitative estimate of drug-likeness (QED) is 0.466. The van der Waals surface area contributed by atoms with Crippen molar-refractivity contribution in [2.45, 2.75) is 0 Å². The van der Waals surface area contributed by atoms with Crippen molar-refractivity contribution in [1.82, 2.24) is 0 Å². The molecule has 0 heterocycles. The Balaban J connectivity index is 2.05. The second kappa shape index (κ2) is 6.73. The van der Waals surface area contributed by atoms with Crippen molar-refractivity contribution in [2.24, 2.45) is 0 Å². The molecule has 3 heteroatoms. The normalized spacial score (nSPS) is 10.4. The first-order valence-corrected chi connectivity index (χ1v) is 6.44. The molecule has 2 aromatic carbocycles. The monoisotopic (exact) mass is 284 g/mol. The van der Waals surface area contributed by atoms with Gasteiger partial charge < -0.3 is 4.74 Å². The van der Waals surface area contributed by atoms with Gasteiger partial charge in [0.05, 0.1) is 0 Å². The molecule has 0 aliphatic carbocycles. The van der Waals surface area contributed by atoms with Gasteiger partial charge in [0, 0.05) is 16.7 Å². The zero-order chi connectivity index (χ0) is 14.4. The number of ether oxygens (including phenoxy) is 1. The predicted molar refractivity (Wildman–Crippen MR) is 82.7 cm³/mol. The van der Waals surface area contributed by atoms with Crippen molar-refractivity contribution in [3.05, 3.63) is 77.3 Å². The summed E-state index contributed by atoms with van der Waals surface area (Å²) in [7, 11) is 0. The van der Waals surface area contributed by atoms with Crippen molar-refractivity contribution < 1.29 is 9.53 Å². The van der Waals surface area contributed by atoms with E-state index in [0.29, 0.717) is 10.8 Å². The summed E-state index contributed by atoms with van der Waals surface area (Å²) in [5, 5.41) is 0.657. The molecule has 0 radical (unpaired) electrons. The van der Waals surface area contributed by atoms with Gasteiger partial charge in [0.2, 0.25) is 0 Å². The van der Waals surface area contributed by atoms with Crippen LogP contribution in [0, 0.1) is 0 Å². The van der Waals surface area contributed by atoms with Crippen molar-refractivity contribution in [3.8, 4) is 5.75 Å². The van der Waals surface area contributed by atoms with Crippen LogP contribution in [0.25, 0.3) is 12.2 Å². The average molecular weight is 285 g/mol. The number of esters is 1. The summed E-state index contributed by atoms with van der Waals surface area (Å²) in [6.07, 6.45) is 4.70. The summed E-state index contributed by atoms with van der Waals surface area (Å²) in [6.45, 7) is 3.68. The van der Waals surface area contributed by atoms with E-state index in [9.17, 15) is 4.79 Å². The molecule has 0 fully saturated rings. The van der Waals surface area contributed by atoms with Crippen molar-refractivity contribution in [2.75, 3.05) is 0 Å². The molecular formula is C17H13ClO2. The Kier molecular flexibility index (Phi) is 4.75. The van der Waals surface area contributed by atoms with Crippen LogP contribution in [0.4, 0.5) is 0 Å². The summed E-state index contributed by atoms with van der Waals surface area (Å²) < 4.78 is 5.26. The second-order valence-corrected chi connectivity index (χ2v) is 4.48. The Morgan fingerprint density at radius 3 is 2.50 bits per heavy atom. The van der Waals surface area contributed by atoms with E-state index in [1.165, 1.54) is 6.08 Å². The minimum absolute atomic E-state index is 0.436. The van der Waals surface area contributed by atoms with Gasteiger partial charge in [0.25, 0.3) is 0 Å². The Morgan fingerprint density at radius 2 is 1.80 bits per heavy atom. The van der Waals surface area contributed by atoms with Crippen LogP contribution in [0.1, 0.15) is 11.1 Å². The lowest BCUT2D eigenvalue weighted by atomic mass is 10.2. The van der Waals surface area contributed by atoms with Crippen molar-refractivity contribution >= 4 is 29.7 Å². The highest BCUT2D eigenvalue weighted by Crippen LogP contribution is 2.19. The number of rotatable bonds is 4. The Morgan fingerprint density at radius 1 is 1.10 bits per heavy atom. The van der Waals surface area contributed by atoms with Gasteiger partial charge in [0.1, 0.15) is 5.75 Å². The van der Waals surface area contributed by atoms with Crippen LogP contribution < -0.4 is 4.74 Å². The molecule has 0 aliphatic rings. The average Bonchev–Trinajstić information content (AvgIpc) is 2.47. The molecule has 0 aliphatic heterocycles. The number of halogens is 1. The van der Waals surface area contributed by atoms with Crippen LogP contribution in [0.2, 0.25) is 5.02 Å². The topological polar surface area (TPSA) is 26.3 Å². The zero-order valence-electron chi connectivity index (χ0n) is 10.8. The fourth-order valence-corrected chi connectivity index (χ4v) is 1.75. The standard InChI is InChI=1S/C17H13ClO2/c1-2-14-5-3-4-6-16(14)20-17(19)12-9-13-7-10-15(18)11-8-13/h2-12H,1H2/b12-9+. The van der Waals surface area contributed by atoms with Gasteiger partial charge in [-0.3, -0.25) is 0 Å². The van der Waals surface area contributed by atoms with Crippen LogP contribution in [-0.2, 0) is 4.79 Å². The first-order valence-electron chi connectivity index (χ1n) is 6.06. The fraction of sp³-hybridized carbons (Fsp3) is 0. The molecule has 0 atom stereocenters. The van der Waals surface area contributed by atoms with Crippen molar-refractivity contribution in [3.63, 3.8) is 0 Å². The summed E-state index contributed by atoms with van der Waals surface area (Å²) >= 11 is 5.79. The number of carbonyl (C=O) groups excluding carboxylic acids is 1. The smallest absolute Gasteiger partial charge is 0.336 e. The van der Waals surface area contributed by atoms with Crippen LogP contribution >= 0.6 is 11.6 Å². The summed E-state index contributed by atoms with van der Waals surface area (Å²) in [6, 6.07) is 14.4. The highest BCUT2D eigenvalue weighted by atomic mass is 35.5. The molecule has 2 rings (SSSR count). The van der Waals surface area contributed by atoms with E-state index in [2.05, 4.69) is 6.58 Å². The molecule has 2 nitrogen and oxygen atoms in total. The maximum Gasteiger partial charge on any atom is 0.336 e. The van der Waals surface area contributed by atoms with Gasteiger partial charge in [0.15, 0.2) is 0 Å². The lowest BCUT2D eigenvalue weighted by molar-refractivity contribution is -0.128. The third-order valence-electron chi connectivity index (χ3n) is 2.63. The molecule has 0 bridgehead atoms. The van der Waals surface area contributed by atoms with E-state index in [0.717, 1.165) is 11.1 Å². The molecule has 0 saturated heterocycles. The van der Waals surface area contributed by atoms with E-state index in [4.69, 9.17) is 16.3 Å². The fourth-order valence-electron chi connectivity index (χ4n) is 1.62. The lowest BCUT2D eigenvalue weighted by Crippen LogP contribution is -2.04. The van der Waals surface area contributed by atoms with E-state index in [1.54, 1.807) is 36.4 Å². The first kappa shape index (κ1) is 14.1.